The molecule has 162 valence electrons. The number of hydrogen-bond acceptors (Lipinski definition) is 4. The van der Waals surface area contributed by atoms with Gasteiger partial charge in [-0.1, -0.05) is 65.8 Å². The average molecular weight is 422 g/mol. The third-order valence-corrected chi connectivity index (χ3v) is 5.89. The van der Waals surface area contributed by atoms with E-state index in [2.05, 4.69) is 17.5 Å². The van der Waals surface area contributed by atoms with Gasteiger partial charge in [-0.25, -0.2) is 0 Å². The predicted octanol–water partition coefficient (Wildman–Crippen LogP) is 0.264. The van der Waals surface area contributed by atoms with E-state index in [1.165, 1.54) is 4.90 Å². The summed E-state index contributed by atoms with van der Waals surface area (Å²) in [6, 6.07) is 18.8. The van der Waals surface area contributed by atoms with E-state index < -0.39 is 12.1 Å². The highest BCUT2D eigenvalue weighted by molar-refractivity contribution is 6.04. The summed E-state index contributed by atoms with van der Waals surface area (Å²) >= 11 is 0. The van der Waals surface area contributed by atoms with E-state index in [1.54, 1.807) is 0 Å². The Labute approximate surface area is 182 Å². The first-order valence-corrected chi connectivity index (χ1v) is 10.8. The first-order chi connectivity index (χ1) is 15.1. The summed E-state index contributed by atoms with van der Waals surface area (Å²) in [6.45, 7) is 3.23. The SMILES string of the molecule is C[NH+]1CCN(C(=O)[C@@H](Cc2ccccc2)NC(=O)[C@H]2CC(c3ccccc3)=NO2)CC1. The average Bonchev–Trinajstić information content (AvgIpc) is 3.31. The lowest BCUT2D eigenvalue weighted by Gasteiger charge is -2.33. The number of rotatable bonds is 6. The van der Waals surface area contributed by atoms with Gasteiger partial charge in [-0.05, 0) is 11.1 Å². The molecule has 2 aromatic carbocycles. The molecule has 0 unspecified atom stereocenters. The minimum absolute atomic E-state index is 0.0353. The lowest BCUT2D eigenvalue weighted by Crippen LogP contribution is -3.12. The van der Waals surface area contributed by atoms with Crippen molar-refractivity contribution in [3.63, 3.8) is 0 Å². The molecule has 0 aliphatic carbocycles. The smallest absolute Gasteiger partial charge is 0.265 e. The molecular formula is C24H29N4O3+. The van der Waals surface area contributed by atoms with Crippen LogP contribution in [0.2, 0.25) is 0 Å². The summed E-state index contributed by atoms with van der Waals surface area (Å²) < 4.78 is 0. The van der Waals surface area contributed by atoms with E-state index in [-0.39, 0.29) is 11.8 Å². The molecule has 2 atom stereocenters. The standard InChI is InChI=1S/C24H28N4O3/c1-27-12-14-28(15-13-27)24(30)21(16-18-8-4-2-5-9-18)25-23(29)22-17-20(26-31-22)19-10-6-3-7-11-19/h2-11,21-22H,12-17H2,1H3,(H,25,29)/p+1/t21-,22-/m1/s1. The van der Waals surface area contributed by atoms with Gasteiger partial charge < -0.3 is 20.0 Å². The number of hydrogen-bond donors (Lipinski definition) is 2. The Morgan fingerprint density at radius 2 is 1.74 bits per heavy atom. The zero-order valence-electron chi connectivity index (χ0n) is 17.8. The molecule has 2 aliphatic heterocycles. The van der Waals surface area contributed by atoms with Crippen LogP contribution in [-0.4, -0.2) is 67.8 Å². The fourth-order valence-corrected chi connectivity index (χ4v) is 3.96. The van der Waals surface area contributed by atoms with Gasteiger partial charge >= 0.3 is 0 Å². The molecule has 4 rings (SSSR count). The second-order valence-electron chi connectivity index (χ2n) is 8.24. The number of piperazine rings is 1. The van der Waals surface area contributed by atoms with Crippen LogP contribution in [0.5, 0.6) is 0 Å². The number of carbonyl (C=O) groups is 2. The van der Waals surface area contributed by atoms with Crippen molar-refractivity contribution >= 4 is 17.5 Å². The van der Waals surface area contributed by atoms with Crippen LogP contribution < -0.4 is 10.2 Å². The van der Waals surface area contributed by atoms with E-state index in [0.717, 1.165) is 29.9 Å². The largest absolute Gasteiger partial charge is 0.382 e. The molecule has 2 aromatic rings. The van der Waals surface area contributed by atoms with Gasteiger partial charge in [0.2, 0.25) is 12.0 Å². The number of quaternary nitrogens is 1. The Bertz CT molecular complexity index is 924. The summed E-state index contributed by atoms with van der Waals surface area (Å²) in [7, 11) is 2.13. The molecule has 0 aromatic heterocycles. The Morgan fingerprint density at radius 1 is 1.10 bits per heavy atom. The van der Waals surface area contributed by atoms with Crippen LogP contribution in [0.3, 0.4) is 0 Å². The summed E-state index contributed by atoms with van der Waals surface area (Å²) in [4.78, 5) is 35.0. The number of likely N-dealkylation sites (N-methyl/N-ethyl adjacent to an activating group) is 1. The van der Waals surface area contributed by atoms with E-state index in [4.69, 9.17) is 4.84 Å². The minimum atomic E-state index is -0.724. The van der Waals surface area contributed by atoms with Gasteiger partial charge in [0.1, 0.15) is 6.04 Å². The summed E-state index contributed by atoms with van der Waals surface area (Å²) in [5.41, 5.74) is 2.69. The Kier molecular flexibility index (Phi) is 6.62. The highest BCUT2D eigenvalue weighted by Crippen LogP contribution is 2.17. The molecule has 0 radical (unpaired) electrons. The molecule has 7 heteroatoms. The van der Waals surface area contributed by atoms with Gasteiger partial charge in [0.25, 0.3) is 5.91 Å². The van der Waals surface area contributed by atoms with Crippen LogP contribution in [0.1, 0.15) is 17.5 Å². The van der Waals surface area contributed by atoms with E-state index in [1.807, 2.05) is 65.6 Å². The summed E-state index contributed by atoms with van der Waals surface area (Å²) in [5.74, 6) is -0.337. The Morgan fingerprint density at radius 3 is 2.42 bits per heavy atom. The molecule has 31 heavy (non-hydrogen) atoms. The van der Waals surface area contributed by atoms with Crippen LogP contribution in [-0.2, 0) is 20.8 Å². The predicted molar refractivity (Wildman–Crippen MR) is 118 cm³/mol. The van der Waals surface area contributed by atoms with Crippen LogP contribution in [0.15, 0.2) is 65.8 Å². The van der Waals surface area contributed by atoms with Crippen molar-refractivity contribution in [1.82, 2.24) is 10.2 Å². The van der Waals surface area contributed by atoms with Gasteiger partial charge in [-0.2, -0.15) is 0 Å². The van der Waals surface area contributed by atoms with Crippen LogP contribution >= 0.6 is 0 Å². The van der Waals surface area contributed by atoms with Crippen molar-refractivity contribution in [2.24, 2.45) is 5.16 Å². The molecule has 7 nitrogen and oxygen atoms in total. The highest BCUT2D eigenvalue weighted by atomic mass is 16.6. The van der Waals surface area contributed by atoms with Crippen LogP contribution in [0.25, 0.3) is 0 Å². The summed E-state index contributed by atoms with van der Waals surface area (Å²) in [6.07, 6.45) is 0.113. The zero-order chi connectivity index (χ0) is 21.6. The molecule has 2 amide bonds. The van der Waals surface area contributed by atoms with Gasteiger partial charge in [0, 0.05) is 12.8 Å². The third-order valence-electron chi connectivity index (χ3n) is 5.89. The van der Waals surface area contributed by atoms with Crippen molar-refractivity contribution in [3.05, 3.63) is 71.8 Å². The van der Waals surface area contributed by atoms with E-state index in [9.17, 15) is 9.59 Å². The minimum Gasteiger partial charge on any atom is -0.382 e. The van der Waals surface area contributed by atoms with Crippen LogP contribution in [0.4, 0.5) is 0 Å². The molecule has 2 N–H and O–H groups in total. The monoisotopic (exact) mass is 421 g/mol. The number of nitrogens with zero attached hydrogens (tertiary/aromatic N) is 2. The van der Waals surface area contributed by atoms with E-state index >= 15 is 0 Å². The van der Waals surface area contributed by atoms with Gasteiger partial charge in [-0.15, -0.1) is 0 Å². The highest BCUT2D eigenvalue weighted by Gasteiger charge is 2.34. The van der Waals surface area contributed by atoms with Gasteiger partial charge in [-0.3, -0.25) is 9.59 Å². The molecule has 0 bridgehead atoms. The lowest BCUT2D eigenvalue weighted by molar-refractivity contribution is -0.883. The van der Waals surface area contributed by atoms with Crippen molar-refractivity contribution < 1.29 is 19.3 Å². The molecule has 2 heterocycles. The molecule has 2 aliphatic rings. The van der Waals surface area contributed by atoms with Gasteiger partial charge in [0.05, 0.1) is 38.9 Å². The second-order valence-corrected chi connectivity index (χ2v) is 8.24. The molecule has 0 saturated carbocycles. The maximum absolute atomic E-state index is 13.3. The maximum atomic E-state index is 13.3. The van der Waals surface area contributed by atoms with Crippen molar-refractivity contribution in [2.45, 2.75) is 25.0 Å². The molecule has 1 fully saturated rings. The van der Waals surface area contributed by atoms with Crippen molar-refractivity contribution in [1.29, 1.82) is 0 Å². The molecule has 0 spiro atoms. The second kappa shape index (κ2) is 9.75. The zero-order valence-corrected chi connectivity index (χ0v) is 17.8. The fourth-order valence-electron chi connectivity index (χ4n) is 3.96. The first-order valence-electron chi connectivity index (χ1n) is 10.8. The normalized spacial score (nSPS) is 20.0. The van der Waals surface area contributed by atoms with Gasteiger partial charge in [0.15, 0.2) is 0 Å². The Hall–Kier alpha value is -3.19. The number of amides is 2. The molecule has 1 saturated heterocycles. The maximum Gasteiger partial charge on any atom is 0.265 e. The number of carbonyl (C=O) groups excluding carboxylic acids is 2. The quantitative estimate of drug-likeness (QED) is 0.703. The molecular weight excluding hydrogens is 392 g/mol. The Balaban J connectivity index is 1.43. The third kappa shape index (κ3) is 5.30. The van der Waals surface area contributed by atoms with Crippen molar-refractivity contribution in [3.8, 4) is 0 Å². The first kappa shape index (κ1) is 21.1. The van der Waals surface area contributed by atoms with Crippen LogP contribution in [0, 0.1) is 0 Å². The number of oxime groups is 1. The number of nitrogens with one attached hydrogen (secondary N) is 2. The number of benzene rings is 2. The van der Waals surface area contributed by atoms with E-state index in [0.29, 0.717) is 25.9 Å². The topological polar surface area (TPSA) is 75.4 Å². The summed E-state index contributed by atoms with van der Waals surface area (Å²) in [5, 5.41) is 7.05. The fraction of sp³-hybridized carbons (Fsp3) is 0.375. The lowest BCUT2D eigenvalue weighted by atomic mass is 10.0. The van der Waals surface area contributed by atoms with Crippen molar-refractivity contribution in [2.75, 3.05) is 33.2 Å².